The molecule has 0 amide bonds. The molecule has 0 aromatic carbocycles. The Kier molecular flexibility index (Phi) is 3.09. The Labute approximate surface area is 106 Å². The highest BCUT2D eigenvalue weighted by molar-refractivity contribution is 5.96. The van der Waals surface area contributed by atoms with E-state index in [1.807, 2.05) is 0 Å². The lowest BCUT2D eigenvalue weighted by Crippen LogP contribution is -2.42. The molecule has 1 aromatic rings. The molecule has 1 spiro atoms. The van der Waals surface area contributed by atoms with Crippen molar-refractivity contribution >= 4 is 5.78 Å². The van der Waals surface area contributed by atoms with Gasteiger partial charge in [-0.15, -0.1) is 0 Å². The third kappa shape index (κ3) is 2.15. The Balaban J connectivity index is 1.74. The van der Waals surface area contributed by atoms with Gasteiger partial charge in [0.1, 0.15) is 12.0 Å². The number of rotatable bonds is 2. The van der Waals surface area contributed by atoms with E-state index in [1.165, 1.54) is 6.33 Å². The molecular formula is C13H16N2O3. The second kappa shape index (κ2) is 4.74. The predicted octanol–water partition coefficient (Wildman–Crippen LogP) is 1.24. The van der Waals surface area contributed by atoms with Crippen LogP contribution in [0.15, 0.2) is 18.6 Å². The van der Waals surface area contributed by atoms with E-state index in [4.69, 9.17) is 9.47 Å². The van der Waals surface area contributed by atoms with E-state index in [1.54, 1.807) is 12.3 Å². The first-order valence-corrected chi connectivity index (χ1v) is 6.31. The average Bonchev–Trinajstić information content (AvgIpc) is 2.87. The van der Waals surface area contributed by atoms with Crippen LogP contribution in [0.1, 0.15) is 29.8 Å². The molecule has 0 radical (unpaired) electrons. The Morgan fingerprint density at radius 1 is 1.44 bits per heavy atom. The maximum atomic E-state index is 12.4. The molecule has 3 heterocycles. The third-order valence-corrected chi connectivity index (χ3v) is 3.77. The standard InChI is InChI=1S/C13H16N2O3/c16-12(11-1-4-14-9-15-11)10-2-5-18-13(7-10)3-6-17-8-13/h1,4,9-10H,2-3,5-8H2. The molecule has 0 bridgehead atoms. The van der Waals surface area contributed by atoms with Crippen LogP contribution >= 0.6 is 0 Å². The zero-order valence-corrected chi connectivity index (χ0v) is 10.2. The van der Waals surface area contributed by atoms with Gasteiger partial charge in [0, 0.05) is 31.7 Å². The summed E-state index contributed by atoms with van der Waals surface area (Å²) in [6.45, 7) is 1.97. The number of Topliss-reactive ketones (excluding diaryl/α,β-unsaturated/α-hetero) is 1. The van der Waals surface area contributed by atoms with Gasteiger partial charge in [-0.05, 0) is 18.9 Å². The minimum absolute atomic E-state index is 0.00431. The Morgan fingerprint density at radius 2 is 2.39 bits per heavy atom. The normalized spacial score (nSPS) is 31.7. The fraction of sp³-hybridized carbons (Fsp3) is 0.615. The second-order valence-electron chi connectivity index (χ2n) is 4.98. The molecule has 18 heavy (non-hydrogen) atoms. The maximum absolute atomic E-state index is 12.4. The van der Waals surface area contributed by atoms with Gasteiger partial charge in [-0.1, -0.05) is 0 Å². The maximum Gasteiger partial charge on any atom is 0.184 e. The van der Waals surface area contributed by atoms with Gasteiger partial charge in [-0.25, -0.2) is 9.97 Å². The largest absolute Gasteiger partial charge is 0.378 e. The molecule has 5 heteroatoms. The minimum Gasteiger partial charge on any atom is -0.378 e. The lowest BCUT2D eigenvalue weighted by Gasteiger charge is -2.36. The fourth-order valence-electron chi connectivity index (χ4n) is 2.76. The van der Waals surface area contributed by atoms with Crippen LogP contribution in [-0.4, -0.2) is 41.2 Å². The van der Waals surface area contributed by atoms with Crippen molar-refractivity contribution in [3.63, 3.8) is 0 Å². The van der Waals surface area contributed by atoms with E-state index in [2.05, 4.69) is 9.97 Å². The van der Waals surface area contributed by atoms with E-state index >= 15 is 0 Å². The quantitative estimate of drug-likeness (QED) is 0.737. The number of ether oxygens (including phenoxy) is 2. The Hall–Kier alpha value is -1.33. The van der Waals surface area contributed by atoms with Crippen molar-refractivity contribution in [1.29, 1.82) is 0 Å². The Bertz CT molecular complexity index is 429. The Morgan fingerprint density at radius 3 is 3.11 bits per heavy atom. The zero-order chi connectivity index (χ0) is 12.4. The van der Waals surface area contributed by atoms with Gasteiger partial charge in [0.25, 0.3) is 0 Å². The van der Waals surface area contributed by atoms with Crippen LogP contribution in [0.5, 0.6) is 0 Å². The SMILES string of the molecule is O=C(c1ccncn1)C1CCOC2(CCOC2)C1. The molecule has 0 saturated carbocycles. The summed E-state index contributed by atoms with van der Waals surface area (Å²) < 4.78 is 11.2. The topological polar surface area (TPSA) is 61.3 Å². The molecule has 2 aliphatic rings. The third-order valence-electron chi connectivity index (χ3n) is 3.77. The summed E-state index contributed by atoms with van der Waals surface area (Å²) in [5, 5.41) is 0. The van der Waals surface area contributed by atoms with Crippen molar-refractivity contribution in [3.05, 3.63) is 24.3 Å². The molecule has 2 saturated heterocycles. The van der Waals surface area contributed by atoms with Crippen LogP contribution in [0.3, 0.4) is 0 Å². The molecule has 0 aliphatic carbocycles. The summed E-state index contributed by atoms with van der Waals surface area (Å²) >= 11 is 0. The summed E-state index contributed by atoms with van der Waals surface area (Å²) in [6.07, 6.45) is 5.43. The molecule has 2 unspecified atom stereocenters. The van der Waals surface area contributed by atoms with Crippen LogP contribution in [0.4, 0.5) is 0 Å². The lowest BCUT2D eigenvalue weighted by atomic mass is 9.82. The molecule has 3 rings (SSSR count). The number of hydrogen-bond donors (Lipinski definition) is 0. The highest BCUT2D eigenvalue weighted by Gasteiger charge is 2.43. The molecule has 1 aromatic heterocycles. The predicted molar refractivity (Wildman–Crippen MR) is 63.2 cm³/mol. The number of nitrogens with zero attached hydrogens (tertiary/aromatic N) is 2. The molecule has 2 atom stereocenters. The summed E-state index contributed by atoms with van der Waals surface area (Å²) in [5.74, 6) is 0.0994. The van der Waals surface area contributed by atoms with Gasteiger partial charge < -0.3 is 9.47 Å². The molecule has 2 aliphatic heterocycles. The summed E-state index contributed by atoms with van der Waals surface area (Å²) in [6, 6.07) is 1.68. The van der Waals surface area contributed by atoms with Gasteiger partial charge in [0.15, 0.2) is 5.78 Å². The van der Waals surface area contributed by atoms with Crippen molar-refractivity contribution < 1.29 is 14.3 Å². The highest BCUT2D eigenvalue weighted by atomic mass is 16.6. The van der Waals surface area contributed by atoms with Crippen molar-refractivity contribution in [2.75, 3.05) is 19.8 Å². The second-order valence-corrected chi connectivity index (χ2v) is 4.98. The van der Waals surface area contributed by atoms with E-state index < -0.39 is 0 Å². The first kappa shape index (κ1) is 11.7. The van der Waals surface area contributed by atoms with Gasteiger partial charge in [-0.2, -0.15) is 0 Å². The van der Waals surface area contributed by atoms with E-state index in [9.17, 15) is 4.79 Å². The number of ketones is 1. The van der Waals surface area contributed by atoms with Crippen LogP contribution in [0, 0.1) is 5.92 Å². The van der Waals surface area contributed by atoms with E-state index in [0.717, 1.165) is 25.9 Å². The monoisotopic (exact) mass is 248 g/mol. The smallest absolute Gasteiger partial charge is 0.184 e. The molecule has 5 nitrogen and oxygen atoms in total. The first-order chi connectivity index (χ1) is 8.79. The first-order valence-electron chi connectivity index (χ1n) is 6.31. The fourth-order valence-corrected chi connectivity index (χ4v) is 2.76. The molecule has 96 valence electrons. The number of aromatic nitrogens is 2. The van der Waals surface area contributed by atoms with Crippen LogP contribution in [0.2, 0.25) is 0 Å². The van der Waals surface area contributed by atoms with Gasteiger partial charge in [0.2, 0.25) is 0 Å². The number of hydrogen-bond acceptors (Lipinski definition) is 5. The summed E-state index contributed by atoms with van der Waals surface area (Å²) in [7, 11) is 0. The van der Waals surface area contributed by atoms with Crippen molar-refractivity contribution in [2.45, 2.75) is 24.9 Å². The lowest BCUT2D eigenvalue weighted by molar-refractivity contribution is -0.0921. The summed E-state index contributed by atoms with van der Waals surface area (Å²) in [4.78, 5) is 20.2. The number of carbonyl (C=O) groups excluding carboxylic acids is 1. The van der Waals surface area contributed by atoms with Gasteiger partial charge >= 0.3 is 0 Å². The van der Waals surface area contributed by atoms with Crippen LogP contribution < -0.4 is 0 Å². The van der Waals surface area contributed by atoms with Crippen molar-refractivity contribution in [3.8, 4) is 0 Å². The van der Waals surface area contributed by atoms with E-state index in [-0.39, 0.29) is 17.3 Å². The number of carbonyl (C=O) groups is 1. The van der Waals surface area contributed by atoms with Crippen molar-refractivity contribution in [2.24, 2.45) is 5.92 Å². The highest BCUT2D eigenvalue weighted by Crippen LogP contribution is 2.36. The average molecular weight is 248 g/mol. The summed E-state index contributed by atoms with van der Waals surface area (Å²) in [5.41, 5.74) is 0.275. The molecular weight excluding hydrogens is 232 g/mol. The van der Waals surface area contributed by atoms with E-state index in [0.29, 0.717) is 18.9 Å². The molecule has 2 fully saturated rings. The van der Waals surface area contributed by atoms with Gasteiger partial charge in [-0.3, -0.25) is 4.79 Å². The minimum atomic E-state index is -0.231. The molecule has 0 N–H and O–H groups in total. The van der Waals surface area contributed by atoms with Gasteiger partial charge in [0.05, 0.1) is 12.2 Å². The van der Waals surface area contributed by atoms with Crippen LogP contribution in [0.25, 0.3) is 0 Å². The van der Waals surface area contributed by atoms with Crippen molar-refractivity contribution in [1.82, 2.24) is 9.97 Å². The zero-order valence-electron chi connectivity index (χ0n) is 10.2. The van der Waals surface area contributed by atoms with Crippen LogP contribution in [-0.2, 0) is 9.47 Å².